The molecule has 1 heterocycles. The lowest BCUT2D eigenvalue weighted by molar-refractivity contribution is 0.553. The van der Waals surface area contributed by atoms with Crippen LogP contribution in [0.3, 0.4) is 0 Å². The molecule has 1 atom stereocenters. The van der Waals surface area contributed by atoms with E-state index in [9.17, 15) is 12.6 Å². The molecule has 0 amide bonds. The highest BCUT2D eigenvalue weighted by Gasteiger charge is 2.20. The van der Waals surface area contributed by atoms with E-state index < -0.39 is 20.9 Å². The Kier molecular flexibility index (Phi) is 3.35. The summed E-state index contributed by atoms with van der Waals surface area (Å²) in [6.07, 6.45) is 1.28. The summed E-state index contributed by atoms with van der Waals surface area (Å²) in [6, 6.07) is 2.69. The molecule has 0 spiro atoms. The van der Waals surface area contributed by atoms with Crippen molar-refractivity contribution in [3.63, 3.8) is 0 Å². The minimum atomic E-state index is -3.49. The van der Waals surface area contributed by atoms with E-state index in [0.29, 0.717) is 0 Å². The first-order valence-electron chi connectivity index (χ1n) is 3.77. The Labute approximate surface area is 84.4 Å². The summed E-state index contributed by atoms with van der Waals surface area (Å²) in [4.78, 5) is 3.39. The van der Waals surface area contributed by atoms with Crippen molar-refractivity contribution in [2.45, 2.75) is 16.8 Å². The highest BCUT2D eigenvalue weighted by Crippen LogP contribution is 2.16. The molecule has 0 aliphatic heterocycles. The summed E-state index contributed by atoms with van der Waals surface area (Å²) in [6.45, 7) is 1.46. The van der Waals surface area contributed by atoms with Crippen LogP contribution in [0.5, 0.6) is 0 Å². The molecule has 5 nitrogen and oxygen atoms in total. The van der Waals surface area contributed by atoms with Crippen LogP contribution in [-0.4, -0.2) is 27.9 Å². The SMILES string of the molecule is CCS(=O)(=O)c1cccnc1S(=O)O. The maximum Gasteiger partial charge on any atom is 0.207 e. The second kappa shape index (κ2) is 4.16. The van der Waals surface area contributed by atoms with Crippen molar-refractivity contribution in [1.29, 1.82) is 0 Å². The summed E-state index contributed by atoms with van der Waals surface area (Å²) in [5.41, 5.74) is 0. The normalized spacial score (nSPS) is 13.9. The molecule has 1 N–H and O–H groups in total. The first kappa shape index (κ1) is 11.3. The molecule has 0 aliphatic rings. The molecule has 7 heteroatoms. The minimum absolute atomic E-state index is 0.122. The van der Waals surface area contributed by atoms with Crippen LogP contribution in [0.25, 0.3) is 0 Å². The predicted molar refractivity (Wildman–Crippen MR) is 51.0 cm³/mol. The van der Waals surface area contributed by atoms with Crippen molar-refractivity contribution in [3.8, 4) is 0 Å². The van der Waals surface area contributed by atoms with Gasteiger partial charge in [0, 0.05) is 6.20 Å². The van der Waals surface area contributed by atoms with E-state index in [1.807, 2.05) is 0 Å². The second-order valence-corrected chi connectivity index (χ2v) is 5.59. The van der Waals surface area contributed by atoms with E-state index in [1.165, 1.54) is 25.3 Å². The zero-order chi connectivity index (χ0) is 10.8. The van der Waals surface area contributed by atoms with Crippen LogP contribution in [0, 0.1) is 0 Å². The summed E-state index contributed by atoms with van der Waals surface area (Å²) in [7, 11) is -3.49. The van der Waals surface area contributed by atoms with Gasteiger partial charge in [-0.3, -0.25) is 0 Å². The third-order valence-electron chi connectivity index (χ3n) is 1.62. The molecule has 14 heavy (non-hydrogen) atoms. The van der Waals surface area contributed by atoms with Gasteiger partial charge in [0.15, 0.2) is 14.9 Å². The van der Waals surface area contributed by atoms with Gasteiger partial charge < -0.3 is 4.55 Å². The first-order chi connectivity index (χ1) is 6.49. The van der Waals surface area contributed by atoms with Gasteiger partial charge in [0.1, 0.15) is 4.90 Å². The molecule has 0 saturated carbocycles. The number of hydrogen-bond acceptors (Lipinski definition) is 4. The van der Waals surface area contributed by atoms with Crippen molar-refractivity contribution in [3.05, 3.63) is 18.3 Å². The molecule has 78 valence electrons. The van der Waals surface area contributed by atoms with Gasteiger partial charge in [0.2, 0.25) is 11.1 Å². The molecule has 0 aromatic carbocycles. The molecule has 0 saturated heterocycles. The van der Waals surface area contributed by atoms with E-state index in [2.05, 4.69) is 4.98 Å². The van der Waals surface area contributed by atoms with Crippen molar-refractivity contribution in [1.82, 2.24) is 4.98 Å². The molecular formula is C7H9NO4S2. The van der Waals surface area contributed by atoms with E-state index in [4.69, 9.17) is 4.55 Å². The van der Waals surface area contributed by atoms with Gasteiger partial charge in [0.25, 0.3) is 0 Å². The predicted octanol–water partition coefficient (Wildman–Crippen LogP) is 0.456. The van der Waals surface area contributed by atoms with Gasteiger partial charge in [0.05, 0.1) is 5.75 Å². The lowest BCUT2D eigenvalue weighted by Gasteiger charge is -2.03. The summed E-state index contributed by atoms with van der Waals surface area (Å²) in [5.74, 6) is -0.122. The van der Waals surface area contributed by atoms with Gasteiger partial charge in [-0.15, -0.1) is 0 Å². The Morgan fingerprint density at radius 3 is 2.71 bits per heavy atom. The van der Waals surface area contributed by atoms with Crippen molar-refractivity contribution in [2.24, 2.45) is 0 Å². The van der Waals surface area contributed by atoms with Crippen LogP contribution >= 0.6 is 0 Å². The van der Waals surface area contributed by atoms with E-state index >= 15 is 0 Å². The van der Waals surface area contributed by atoms with Crippen LogP contribution in [0.1, 0.15) is 6.92 Å². The standard InChI is InChI=1S/C7H9NO4S2/c1-2-14(11,12)6-4-3-5-8-7(6)13(9)10/h3-5H,2H2,1H3,(H,9,10). The molecule has 0 aliphatic carbocycles. The topological polar surface area (TPSA) is 84.3 Å². The fraction of sp³-hybridized carbons (Fsp3) is 0.286. The Morgan fingerprint density at radius 1 is 1.57 bits per heavy atom. The van der Waals surface area contributed by atoms with Crippen molar-refractivity contribution < 1.29 is 17.2 Å². The highest BCUT2D eigenvalue weighted by atomic mass is 32.2. The number of aromatic nitrogens is 1. The molecule has 0 bridgehead atoms. The van der Waals surface area contributed by atoms with E-state index in [0.717, 1.165) is 0 Å². The molecule has 1 aromatic rings. The lowest BCUT2D eigenvalue weighted by atomic mass is 10.5. The van der Waals surface area contributed by atoms with Crippen LogP contribution < -0.4 is 0 Å². The van der Waals surface area contributed by atoms with Gasteiger partial charge in [-0.05, 0) is 12.1 Å². The largest absolute Gasteiger partial charge is 0.301 e. The number of nitrogens with zero attached hydrogens (tertiary/aromatic N) is 1. The zero-order valence-corrected chi connectivity index (χ0v) is 9.01. The first-order valence-corrected chi connectivity index (χ1v) is 6.53. The van der Waals surface area contributed by atoms with Gasteiger partial charge in [-0.1, -0.05) is 6.92 Å². The maximum atomic E-state index is 11.4. The zero-order valence-electron chi connectivity index (χ0n) is 7.37. The molecule has 0 fully saturated rings. The molecular weight excluding hydrogens is 226 g/mol. The fourth-order valence-corrected chi connectivity index (χ4v) is 2.80. The lowest BCUT2D eigenvalue weighted by Crippen LogP contribution is -2.09. The summed E-state index contributed by atoms with van der Waals surface area (Å²) < 4.78 is 42.5. The number of pyridine rings is 1. The van der Waals surface area contributed by atoms with E-state index in [-0.39, 0.29) is 15.7 Å². The number of rotatable bonds is 3. The Morgan fingerprint density at radius 2 is 2.21 bits per heavy atom. The van der Waals surface area contributed by atoms with Gasteiger partial charge in [-0.2, -0.15) is 0 Å². The number of hydrogen-bond donors (Lipinski definition) is 1. The number of sulfone groups is 1. The van der Waals surface area contributed by atoms with Crippen molar-refractivity contribution >= 4 is 20.9 Å². The van der Waals surface area contributed by atoms with Gasteiger partial charge in [-0.25, -0.2) is 17.6 Å². The highest BCUT2D eigenvalue weighted by molar-refractivity contribution is 7.92. The van der Waals surface area contributed by atoms with E-state index in [1.54, 1.807) is 0 Å². The molecule has 1 unspecified atom stereocenters. The monoisotopic (exact) mass is 235 g/mol. The van der Waals surface area contributed by atoms with Crippen LogP contribution in [0.2, 0.25) is 0 Å². The Bertz CT molecular complexity index is 455. The van der Waals surface area contributed by atoms with Crippen molar-refractivity contribution in [2.75, 3.05) is 5.75 Å². The molecule has 1 rings (SSSR count). The average molecular weight is 235 g/mol. The quantitative estimate of drug-likeness (QED) is 0.769. The Hall–Kier alpha value is -0.790. The second-order valence-electron chi connectivity index (χ2n) is 2.46. The third kappa shape index (κ3) is 2.17. The average Bonchev–Trinajstić information content (AvgIpc) is 2.18. The van der Waals surface area contributed by atoms with Crippen LogP contribution in [0.4, 0.5) is 0 Å². The fourth-order valence-electron chi connectivity index (χ4n) is 0.899. The third-order valence-corrected chi connectivity index (χ3v) is 4.16. The smallest absolute Gasteiger partial charge is 0.207 e. The van der Waals surface area contributed by atoms with Gasteiger partial charge >= 0.3 is 0 Å². The maximum absolute atomic E-state index is 11.4. The summed E-state index contributed by atoms with van der Waals surface area (Å²) >= 11 is -2.38. The summed E-state index contributed by atoms with van der Waals surface area (Å²) in [5, 5.41) is -0.311. The minimum Gasteiger partial charge on any atom is -0.301 e. The molecule has 1 aromatic heterocycles. The Balaban J connectivity index is 3.42. The van der Waals surface area contributed by atoms with Crippen LogP contribution in [0.15, 0.2) is 28.3 Å². The van der Waals surface area contributed by atoms with Crippen LogP contribution in [-0.2, 0) is 20.9 Å². The molecule has 0 radical (unpaired) electrons.